The average Bonchev–Trinajstić information content (AvgIpc) is 2.54. The van der Waals surface area contributed by atoms with Gasteiger partial charge in [0.1, 0.15) is 0 Å². The molecule has 1 aliphatic rings. The van der Waals surface area contributed by atoms with E-state index in [1.54, 1.807) is 13.0 Å². The van der Waals surface area contributed by atoms with E-state index in [2.05, 4.69) is 15.9 Å². The predicted octanol–water partition coefficient (Wildman–Crippen LogP) is 2.83. The van der Waals surface area contributed by atoms with Crippen molar-refractivity contribution in [3.8, 4) is 0 Å². The van der Waals surface area contributed by atoms with E-state index in [4.69, 9.17) is 0 Å². The first-order chi connectivity index (χ1) is 8.04. The molecule has 0 aromatic heterocycles. The molecule has 0 fully saturated rings. The molecular weight excluding hydrogens is 282 g/mol. The van der Waals surface area contributed by atoms with Crippen molar-refractivity contribution in [1.82, 2.24) is 0 Å². The zero-order valence-electron chi connectivity index (χ0n) is 9.66. The summed E-state index contributed by atoms with van der Waals surface area (Å²) in [5, 5.41) is 0. The molecule has 0 unspecified atom stereocenters. The molecule has 0 N–H and O–H groups in total. The molecule has 3 nitrogen and oxygen atoms in total. The maximum atomic E-state index is 11.9. The summed E-state index contributed by atoms with van der Waals surface area (Å²) in [6.45, 7) is 3.65. The van der Waals surface area contributed by atoms with Crippen LogP contribution in [0.25, 0.3) is 0 Å². The maximum absolute atomic E-state index is 11.9. The van der Waals surface area contributed by atoms with Crippen molar-refractivity contribution in [3.63, 3.8) is 0 Å². The standard InChI is InChI=1S/C13H12BrNO2/c1-3-9-7-10(14)4-5-11(9)15-12(16)6-8(2)13(15)17/h4-7H,3H2,1-2H3. The molecule has 0 spiro atoms. The zero-order chi connectivity index (χ0) is 12.6. The Balaban J connectivity index is 2.49. The van der Waals surface area contributed by atoms with Crippen molar-refractivity contribution < 1.29 is 9.59 Å². The van der Waals surface area contributed by atoms with Crippen LogP contribution in [0.3, 0.4) is 0 Å². The van der Waals surface area contributed by atoms with Crippen LogP contribution in [0.4, 0.5) is 5.69 Å². The third-order valence-electron chi connectivity index (χ3n) is 2.76. The van der Waals surface area contributed by atoms with Gasteiger partial charge in [0.25, 0.3) is 11.8 Å². The van der Waals surface area contributed by atoms with Gasteiger partial charge in [0.2, 0.25) is 0 Å². The van der Waals surface area contributed by atoms with Crippen molar-refractivity contribution in [2.45, 2.75) is 20.3 Å². The second kappa shape index (κ2) is 4.45. The Morgan fingerprint density at radius 1 is 1.29 bits per heavy atom. The summed E-state index contributed by atoms with van der Waals surface area (Å²) in [7, 11) is 0. The van der Waals surface area contributed by atoms with E-state index in [1.807, 2.05) is 19.1 Å². The monoisotopic (exact) mass is 293 g/mol. The summed E-state index contributed by atoms with van der Waals surface area (Å²) in [5.74, 6) is -0.489. The maximum Gasteiger partial charge on any atom is 0.261 e. The number of hydrogen-bond donors (Lipinski definition) is 0. The van der Waals surface area contributed by atoms with Gasteiger partial charge in [0, 0.05) is 16.1 Å². The Kier molecular flexibility index (Phi) is 3.15. The normalized spacial score (nSPS) is 15.5. The molecular formula is C13H12BrNO2. The Hall–Kier alpha value is -1.42. The summed E-state index contributed by atoms with van der Waals surface area (Å²) in [6, 6.07) is 5.57. The van der Waals surface area contributed by atoms with Crippen LogP contribution in [0.5, 0.6) is 0 Å². The van der Waals surface area contributed by atoms with Gasteiger partial charge in [0.15, 0.2) is 0 Å². The first-order valence-electron chi connectivity index (χ1n) is 5.39. The van der Waals surface area contributed by atoms with E-state index in [1.165, 1.54) is 11.0 Å². The number of aryl methyl sites for hydroxylation is 1. The van der Waals surface area contributed by atoms with Gasteiger partial charge in [-0.1, -0.05) is 22.9 Å². The third-order valence-corrected chi connectivity index (χ3v) is 3.26. The van der Waals surface area contributed by atoms with E-state index < -0.39 is 0 Å². The molecule has 17 heavy (non-hydrogen) atoms. The number of hydrogen-bond acceptors (Lipinski definition) is 2. The molecule has 4 heteroatoms. The van der Waals surface area contributed by atoms with Crippen LogP contribution >= 0.6 is 15.9 Å². The van der Waals surface area contributed by atoms with Crippen LogP contribution in [-0.4, -0.2) is 11.8 Å². The van der Waals surface area contributed by atoms with Crippen molar-refractivity contribution >= 4 is 33.4 Å². The second-order valence-corrected chi connectivity index (χ2v) is 4.85. The van der Waals surface area contributed by atoms with E-state index in [0.29, 0.717) is 11.3 Å². The highest BCUT2D eigenvalue weighted by molar-refractivity contribution is 9.10. The van der Waals surface area contributed by atoms with Crippen LogP contribution in [0.15, 0.2) is 34.3 Å². The molecule has 2 rings (SSSR count). The summed E-state index contributed by atoms with van der Waals surface area (Å²) in [6.07, 6.45) is 2.15. The molecule has 0 saturated heterocycles. The van der Waals surface area contributed by atoms with E-state index >= 15 is 0 Å². The summed E-state index contributed by atoms with van der Waals surface area (Å²) >= 11 is 3.39. The highest BCUT2D eigenvalue weighted by atomic mass is 79.9. The van der Waals surface area contributed by atoms with Crippen molar-refractivity contribution in [1.29, 1.82) is 0 Å². The molecule has 0 aliphatic carbocycles. The minimum Gasteiger partial charge on any atom is -0.269 e. The first-order valence-corrected chi connectivity index (χ1v) is 6.19. The molecule has 1 aromatic rings. The Morgan fingerprint density at radius 2 is 2.00 bits per heavy atom. The van der Waals surface area contributed by atoms with Gasteiger partial charge in [-0.2, -0.15) is 0 Å². The number of rotatable bonds is 2. The highest BCUT2D eigenvalue weighted by Crippen LogP contribution is 2.28. The fraction of sp³-hybridized carbons (Fsp3) is 0.231. The Bertz CT molecular complexity index is 534. The number of imide groups is 1. The minimum atomic E-state index is -0.260. The topological polar surface area (TPSA) is 37.4 Å². The van der Waals surface area contributed by atoms with Gasteiger partial charge >= 0.3 is 0 Å². The SMILES string of the molecule is CCc1cc(Br)ccc1N1C(=O)C=C(C)C1=O. The Morgan fingerprint density at radius 3 is 2.53 bits per heavy atom. The molecule has 88 valence electrons. The number of halogens is 1. The molecule has 0 saturated carbocycles. The minimum absolute atomic E-state index is 0.230. The summed E-state index contributed by atoms with van der Waals surface area (Å²) in [5.41, 5.74) is 2.14. The molecule has 0 bridgehead atoms. The number of nitrogens with zero attached hydrogens (tertiary/aromatic N) is 1. The highest BCUT2D eigenvalue weighted by Gasteiger charge is 2.30. The van der Waals surface area contributed by atoms with Crippen LogP contribution in [-0.2, 0) is 16.0 Å². The lowest BCUT2D eigenvalue weighted by Gasteiger charge is -2.18. The molecule has 0 atom stereocenters. The fourth-order valence-electron chi connectivity index (χ4n) is 1.87. The van der Waals surface area contributed by atoms with Gasteiger partial charge in [-0.25, -0.2) is 4.90 Å². The zero-order valence-corrected chi connectivity index (χ0v) is 11.2. The number of amides is 2. The summed E-state index contributed by atoms with van der Waals surface area (Å²) < 4.78 is 0.946. The van der Waals surface area contributed by atoms with Crippen molar-refractivity contribution in [2.75, 3.05) is 4.90 Å². The quantitative estimate of drug-likeness (QED) is 0.787. The molecule has 2 amide bonds. The first kappa shape index (κ1) is 12.0. The third kappa shape index (κ3) is 2.05. The summed E-state index contributed by atoms with van der Waals surface area (Å²) in [4.78, 5) is 24.9. The Labute approximate surface area is 108 Å². The van der Waals surface area contributed by atoms with Crippen LogP contribution in [0.2, 0.25) is 0 Å². The number of carbonyl (C=O) groups is 2. The fourth-order valence-corrected chi connectivity index (χ4v) is 2.28. The number of anilines is 1. The van der Waals surface area contributed by atoms with Gasteiger partial charge in [-0.15, -0.1) is 0 Å². The van der Waals surface area contributed by atoms with Gasteiger partial charge in [-0.3, -0.25) is 9.59 Å². The lowest BCUT2D eigenvalue weighted by atomic mass is 10.1. The van der Waals surface area contributed by atoms with Crippen LogP contribution in [0.1, 0.15) is 19.4 Å². The second-order valence-electron chi connectivity index (χ2n) is 3.93. The van der Waals surface area contributed by atoms with Crippen LogP contribution in [0, 0.1) is 0 Å². The lowest BCUT2D eigenvalue weighted by Crippen LogP contribution is -2.31. The predicted molar refractivity (Wildman–Crippen MR) is 69.8 cm³/mol. The number of carbonyl (C=O) groups excluding carboxylic acids is 2. The lowest BCUT2D eigenvalue weighted by molar-refractivity contribution is -0.120. The average molecular weight is 294 g/mol. The van der Waals surface area contributed by atoms with E-state index in [-0.39, 0.29) is 11.8 Å². The number of benzene rings is 1. The van der Waals surface area contributed by atoms with E-state index in [0.717, 1.165) is 16.5 Å². The molecule has 0 radical (unpaired) electrons. The molecule has 1 heterocycles. The smallest absolute Gasteiger partial charge is 0.261 e. The van der Waals surface area contributed by atoms with Crippen molar-refractivity contribution in [2.24, 2.45) is 0 Å². The van der Waals surface area contributed by atoms with Crippen molar-refractivity contribution in [3.05, 3.63) is 39.9 Å². The van der Waals surface area contributed by atoms with Crippen LogP contribution < -0.4 is 4.90 Å². The largest absolute Gasteiger partial charge is 0.269 e. The van der Waals surface area contributed by atoms with E-state index in [9.17, 15) is 9.59 Å². The van der Waals surface area contributed by atoms with Gasteiger partial charge < -0.3 is 0 Å². The molecule has 1 aliphatic heterocycles. The van der Waals surface area contributed by atoms with Gasteiger partial charge in [-0.05, 0) is 37.1 Å². The van der Waals surface area contributed by atoms with Gasteiger partial charge in [0.05, 0.1) is 5.69 Å². The molecule has 1 aromatic carbocycles.